The summed E-state index contributed by atoms with van der Waals surface area (Å²) in [6.45, 7) is 0. The molecule has 94 valence electrons. The number of para-hydroxylation sites is 1. The number of benzene rings is 2. The molecule has 3 heteroatoms. The zero-order valence-electron chi connectivity index (χ0n) is 10.3. The van der Waals surface area contributed by atoms with Gasteiger partial charge in [0.1, 0.15) is 0 Å². The van der Waals surface area contributed by atoms with Crippen LogP contribution in [0.15, 0.2) is 60.7 Å². The Balaban J connectivity index is 1.95. The van der Waals surface area contributed by atoms with E-state index in [2.05, 4.69) is 4.98 Å². The third-order valence-electron chi connectivity index (χ3n) is 3.24. The summed E-state index contributed by atoms with van der Waals surface area (Å²) in [5.74, 6) is -0.0950. The second kappa shape index (κ2) is 4.71. The van der Waals surface area contributed by atoms with E-state index in [1.807, 2.05) is 60.7 Å². The molecule has 0 saturated carbocycles. The molecule has 0 radical (unpaired) electrons. The molecule has 0 aliphatic heterocycles. The first-order chi connectivity index (χ1) is 9.25. The molecule has 2 aromatic carbocycles. The Kier molecular flexibility index (Phi) is 2.89. The van der Waals surface area contributed by atoms with Gasteiger partial charge in [-0.2, -0.15) is 0 Å². The molecule has 0 aliphatic rings. The van der Waals surface area contributed by atoms with E-state index in [-0.39, 0.29) is 5.78 Å². The molecule has 0 fully saturated rings. The summed E-state index contributed by atoms with van der Waals surface area (Å²) in [6.07, 6.45) is 0. The number of hydrogen-bond acceptors (Lipinski definition) is 2. The molecule has 19 heavy (non-hydrogen) atoms. The summed E-state index contributed by atoms with van der Waals surface area (Å²) < 4.78 is 0. The van der Waals surface area contributed by atoms with Crippen LogP contribution in [0.2, 0.25) is 0 Å². The highest BCUT2D eigenvalue weighted by Gasteiger charge is 2.19. The van der Waals surface area contributed by atoms with Crippen LogP contribution in [0, 0.1) is 0 Å². The van der Waals surface area contributed by atoms with E-state index in [1.54, 1.807) is 0 Å². The fraction of sp³-hybridized carbons (Fsp3) is 0.0625. The molecule has 3 nitrogen and oxygen atoms in total. The fourth-order valence-electron chi connectivity index (χ4n) is 2.19. The van der Waals surface area contributed by atoms with Crippen LogP contribution in [0.25, 0.3) is 10.9 Å². The van der Waals surface area contributed by atoms with Crippen molar-refractivity contribution in [1.82, 2.24) is 4.98 Å². The Hall–Kier alpha value is -2.39. The first-order valence-electron chi connectivity index (χ1n) is 6.18. The van der Waals surface area contributed by atoms with Gasteiger partial charge in [-0.05, 0) is 17.7 Å². The van der Waals surface area contributed by atoms with Crippen molar-refractivity contribution in [2.45, 2.75) is 6.04 Å². The van der Waals surface area contributed by atoms with Crippen molar-refractivity contribution in [3.05, 3.63) is 71.9 Å². The standard InChI is InChI=1S/C16H14N2O/c17-15(11-6-2-1-3-7-11)16(19)14-10-12-8-4-5-9-13(12)18-14/h1-10,15,18H,17H2. The number of H-pyrrole nitrogens is 1. The lowest BCUT2D eigenvalue weighted by molar-refractivity contribution is 0.0957. The highest BCUT2D eigenvalue weighted by molar-refractivity contribution is 6.02. The molecule has 1 unspecified atom stereocenters. The van der Waals surface area contributed by atoms with Crippen LogP contribution in [0.4, 0.5) is 0 Å². The summed E-state index contributed by atoms with van der Waals surface area (Å²) in [6, 6.07) is 18.4. The molecule has 1 atom stereocenters. The average molecular weight is 250 g/mol. The predicted molar refractivity (Wildman–Crippen MR) is 76.0 cm³/mol. The van der Waals surface area contributed by atoms with Gasteiger partial charge in [0.15, 0.2) is 5.78 Å². The number of ketones is 1. The van der Waals surface area contributed by atoms with Crippen molar-refractivity contribution in [2.75, 3.05) is 0 Å². The molecule has 0 amide bonds. The van der Waals surface area contributed by atoms with Gasteiger partial charge >= 0.3 is 0 Å². The maximum atomic E-state index is 12.4. The van der Waals surface area contributed by atoms with Gasteiger partial charge in [-0.25, -0.2) is 0 Å². The number of hydrogen-bond donors (Lipinski definition) is 2. The molecule has 3 rings (SSSR count). The maximum Gasteiger partial charge on any atom is 0.200 e. The van der Waals surface area contributed by atoms with Gasteiger partial charge in [-0.3, -0.25) is 4.79 Å². The van der Waals surface area contributed by atoms with E-state index in [0.29, 0.717) is 5.69 Å². The van der Waals surface area contributed by atoms with Gasteiger partial charge in [0.2, 0.25) is 0 Å². The average Bonchev–Trinajstić information content (AvgIpc) is 2.90. The molecule has 0 aliphatic carbocycles. The number of rotatable bonds is 3. The normalized spacial score (nSPS) is 12.5. The van der Waals surface area contributed by atoms with Crippen LogP contribution in [0.1, 0.15) is 22.1 Å². The van der Waals surface area contributed by atoms with Crippen molar-refractivity contribution >= 4 is 16.7 Å². The molecule has 0 saturated heterocycles. The number of carbonyl (C=O) groups is 1. The molecule has 1 heterocycles. The van der Waals surface area contributed by atoms with Gasteiger partial charge in [0.05, 0.1) is 11.7 Å². The van der Waals surface area contributed by atoms with Crippen LogP contribution >= 0.6 is 0 Å². The van der Waals surface area contributed by atoms with Crippen molar-refractivity contribution in [2.24, 2.45) is 5.73 Å². The van der Waals surface area contributed by atoms with Crippen molar-refractivity contribution in [3.63, 3.8) is 0 Å². The summed E-state index contributed by atoms with van der Waals surface area (Å²) in [7, 11) is 0. The zero-order valence-corrected chi connectivity index (χ0v) is 10.3. The molecule has 0 spiro atoms. The second-order valence-corrected chi connectivity index (χ2v) is 4.52. The summed E-state index contributed by atoms with van der Waals surface area (Å²) in [4.78, 5) is 15.5. The maximum absolute atomic E-state index is 12.4. The van der Waals surface area contributed by atoms with Crippen molar-refractivity contribution in [3.8, 4) is 0 Å². The molecule has 3 aromatic rings. The zero-order chi connectivity index (χ0) is 13.2. The van der Waals surface area contributed by atoms with Crippen LogP contribution in [0.5, 0.6) is 0 Å². The van der Waals surface area contributed by atoms with Gasteiger partial charge in [0, 0.05) is 10.9 Å². The summed E-state index contributed by atoms with van der Waals surface area (Å²) in [5.41, 5.74) is 8.35. The van der Waals surface area contributed by atoms with Gasteiger partial charge < -0.3 is 10.7 Å². The smallest absolute Gasteiger partial charge is 0.200 e. The van der Waals surface area contributed by atoms with E-state index in [4.69, 9.17) is 5.73 Å². The first kappa shape index (κ1) is 11.7. The van der Waals surface area contributed by atoms with Gasteiger partial charge in [-0.15, -0.1) is 0 Å². The Morgan fingerprint density at radius 1 is 1.00 bits per heavy atom. The summed E-state index contributed by atoms with van der Waals surface area (Å²) in [5, 5.41) is 1.02. The third kappa shape index (κ3) is 2.16. The van der Waals surface area contributed by atoms with Crippen LogP contribution < -0.4 is 5.73 Å². The monoisotopic (exact) mass is 250 g/mol. The lowest BCUT2D eigenvalue weighted by atomic mass is 10.0. The van der Waals surface area contributed by atoms with Crippen LogP contribution in [-0.2, 0) is 0 Å². The van der Waals surface area contributed by atoms with E-state index in [9.17, 15) is 4.79 Å². The summed E-state index contributed by atoms with van der Waals surface area (Å²) >= 11 is 0. The quantitative estimate of drug-likeness (QED) is 0.702. The van der Waals surface area contributed by atoms with E-state index < -0.39 is 6.04 Å². The Morgan fingerprint density at radius 3 is 2.42 bits per heavy atom. The molecule has 3 N–H and O–H groups in total. The fourth-order valence-corrected chi connectivity index (χ4v) is 2.19. The number of fused-ring (bicyclic) bond motifs is 1. The largest absolute Gasteiger partial charge is 0.352 e. The number of Topliss-reactive ketones (excluding diaryl/α,β-unsaturated/α-hetero) is 1. The van der Waals surface area contributed by atoms with Gasteiger partial charge in [-0.1, -0.05) is 48.5 Å². The highest BCUT2D eigenvalue weighted by Crippen LogP contribution is 2.20. The molecule has 1 aromatic heterocycles. The first-order valence-corrected chi connectivity index (χ1v) is 6.18. The minimum atomic E-state index is -0.630. The highest BCUT2D eigenvalue weighted by atomic mass is 16.1. The van der Waals surface area contributed by atoms with Crippen molar-refractivity contribution in [1.29, 1.82) is 0 Å². The second-order valence-electron chi connectivity index (χ2n) is 4.52. The van der Waals surface area contributed by atoms with E-state index in [1.165, 1.54) is 0 Å². The van der Waals surface area contributed by atoms with Crippen molar-refractivity contribution < 1.29 is 4.79 Å². The van der Waals surface area contributed by atoms with E-state index in [0.717, 1.165) is 16.5 Å². The molecular weight excluding hydrogens is 236 g/mol. The Bertz CT molecular complexity index is 683. The van der Waals surface area contributed by atoms with Crippen LogP contribution in [0.3, 0.4) is 0 Å². The molecule has 0 bridgehead atoms. The Morgan fingerprint density at radius 2 is 1.68 bits per heavy atom. The Labute approximate surface area is 111 Å². The minimum Gasteiger partial charge on any atom is -0.352 e. The predicted octanol–water partition coefficient (Wildman–Crippen LogP) is 3.05. The lowest BCUT2D eigenvalue weighted by Crippen LogP contribution is -2.21. The number of nitrogens with two attached hydrogens (primary N) is 1. The SMILES string of the molecule is NC(C(=O)c1cc2ccccc2[nH]1)c1ccccc1. The minimum absolute atomic E-state index is 0.0950. The number of carbonyl (C=O) groups excluding carboxylic acids is 1. The number of nitrogens with one attached hydrogen (secondary N) is 1. The van der Waals surface area contributed by atoms with Crippen LogP contribution in [-0.4, -0.2) is 10.8 Å². The molecular formula is C16H14N2O. The van der Waals surface area contributed by atoms with Gasteiger partial charge in [0.25, 0.3) is 0 Å². The lowest BCUT2D eigenvalue weighted by Gasteiger charge is -2.09. The van der Waals surface area contributed by atoms with E-state index >= 15 is 0 Å². The number of aromatic nitrogens is 1. The third-order valence-corrected chi connectivity index (χ3v) is 3.24. The topological polar surface area (TPSA) is 58.9 Å². The number of aromatic amines is 1.